The quantitative estimate of drug-likeness (QED) is 0.437. The third-order valence-electron chi connectivity index (χ3n) is 3.33. The number of carbonyl (C=O) groups excluding carboxylic acids is 3. The van der Waals surface area contributed by atoms with Crippen molar-refractivity contribution in [2.45, 2.75) is 52.9 Å². The van der Waals surface area contributed by atoms with Crippen molar-refractivity contribution in [3.8, 4) is 0 Å². The second kappa shape index (κ2) is 13.2. The van der Waals surface area contributed by atoms with Gasteiger partial charge in [-0.2, -0.15) is 0 Å². The predicted molar refractivity (Wildman–Crippen MR) is 96.3 cm³/mol. The molecule has 132 valence electrons. The molecule has 6 heteroatoms. The largest absolute Gasteiger partial charge is 0.356 e. The van der Waals surface area contributed by atoms with Gasteiger partial charge >= 0.3 is 0 Å². The van der Waals surface area contributed by atoms with Crippen LogP contribution in [-0.2, 0) is 14.4 Å². The van der Waals surface area contributed by atoms with E-state index in [1.165, 1.54) is 18.7 Å². The molecular formula is C17H30N2O3S. The van der Waals surface area contributed by atoms with E-state index in [1.807, 2.05) is 4.90 Å². The molecule has 23 heavy (non-hydrogen) atoms. The molecule has 0 aliphatic heterocycles. The monoisotopic (exact) mass is 342 g/mol. The van der Waals surface area contributed by atoms with E-state index in [0.717, 1.165) is 44.4 Å². The molecule has 0 spiro atoms. The molecule has 0 aromatic rings. The zero-order chi connectivity index (χ0) is 17.7. The molecule has 0 radical (unpaired) electrons. The van der Waals surface area contributed by atoms with Gasteiger partial charge in [0, 0.05) is 39.2 Å². The summed E-state index contributed by atoms with van der Waals surface area (Å²) in [7, 11) is 0. The molecule has 2 amide bonds. The Morgan fingerprint density at radius 2 is 1.57 bits per heavy atom. The minimum absolute atomic E-state index is 0.0395. The Labute approximate surface area is 144 Å². The summed E-state index contributed by atoms with van der Waals surface area (Å²) in [6.07, 6.45) is 4.87. The summed E-state index contributed by atoms with van der Waals surface area (Å²) in [6, 6.07) is 0. The van der Waals surface area contributed by atoms with Crippen molar-refractivity contribution >= 4 is 28.7 Å². The highest BCUT2D eigenvalue weighted by atomic mass is 32.2. The number of hydrogen-bond donors (Lipinski definition) is 1. The lowest BCUT2D eigenvalue weighted by Gasteiger charge is -2.21. The third-order valence-corrected chi connectivity index (χ3v) is 4.43. The molecule has 0 fully saturated rings. The van der Waals surface area contributed by atoms with Crippen molar-refractivity contribution in [1.82, 2.24) is 10.2 Å². The molecule has 0 unspecified atom stereocenters. The van der Waals surface area contributed by atoms with Crippen LogP contribution in [0.3, 0.4) is 0 Å². The van der Waals surface area contributed by atoms with Gasteiger partial charge in [-0.15, -0.1) is 0 Å². The second-order valence-electron chi connectivity index (χ2n) is 5.67. The van der Waals surface area contributed by atoms with Crippen LogP contribution < -0.4 is 5.32 Å². The standard InChI is InChI=1S/C17H30N2O3S/c1-14(2)17(22)23-13-8-6-5-7-11-19(16(4)21)12-9-10-18-15(3)20/h1,5-13H2,2-4H3,(H,18,20). The molecule has 0 aliphatic carbocycles. The first kappa shape index (κ1) is 21.7. The van der Waals surface area contributed by atoms with Crippen molar-refractivity contribution in [2.75, 3.05) is 25.4 Å². The minimum atomic E-state index is -0.0395. The van der Waals surface area contributed by atoms with Crippen LogP contribution in [-0.4, -0.2) is 47.2 Å². The maximum Gasteiger partial charge on any atom is 0.219 e. The highest BCUT2D eigenvalue weighted by Crippen LogP contribution is 2.12. The molecule has 0 aromatic carbocycles. The first-order valence-electron chi connectivity index (χ1n) is 8.17. The van der Waals surface area contributed by atoms with Crippen molar-refractivity contribution < 1.29 is 14.4 Å². The Bertz CT molecular complexity index is 411. The van der Waals surface area contributed by atoms with Gasteiger partial charge in [0.2, 0.25) is 16.9 Å². The van der Waals surface area contributed by atoms with E-state index in [-0.39, 0.29) is 16.9 Å². The highest BCUT2D eigenvalue weighted by molar-refractivity contribution is 8.14. The van der Waals surface area contributed by atoms with Crippen LogP contribution in [0.1, 0.15) is 52.9 Å². The fourth-order valence-electron chi connectivity index (χ4n) is 2.01. The zero-order valence-corrected chi connectivity index (χ0v) is 15.5. The number of thioether (sulfide) groups is 1. The summed E-state index contributed by atoms with van der Waals surface area (Å²) in [6.45, 7) is 10.5. The van der Waals surface area contributed by atoms with E-state index in [4.69, 9.17) is 0 Å². The van der Waals surface area contributed by atoms with Gasteiger partial charge in [0.25, 0.3) is 0 Å². The highest BCUT2D eigenvalue weighted by Gasteiger charge is 2.08. The maximum atomic E-state index is 11.6. The van der Waals surface area contributed by atoms with Crippen molar-refractivity contribution in [2.24, 2.45) is 0 Å². The van der Waals surface area contributed by atoms with Crippen molar-refractivity contribution in [3.05, 3.63) is 12.2 Å². The maximum absolute atomic E-state index is 11.6. The van der Waals surface area contributed by atoms with E-state index >= 15 is 0 Å². The number of carbonyl (C=O) groups is 3. The molecule has 0 heterocycles. The number of nitrogens with zero attached hydrogens (tertiary/aromatic N) is 1. The first-order chi connectivity index (χ1) is 10.8. The summed E-state index contributed by atoms with van der Waals surface area (Å²) in [5.74, 6) is 0.872. The van der Waals surface area contributed by atoms with Crippen LogP contribution in [0.2, 0.25) is 0 Å². The Morgan fingerprint density at radius 1 is 0.957 bits per heavy atom. The Balaban J connectivity index is 3.68. The number of rotatable bonds is 12. The number of nitrogens with one attached hydrogen (secondary N) is 1. The first-order valence-corrected chi connectivity index (χ1v) is 9.15. The summed E-state index contributed by atoms with van der Waals surface area (Å²) in [5.41, 5.74) is 0.603. The van der Waals surface area contributed by atoms with Crippen molar-refractivity contribution in [3.63, 3.8) is 0 Å². The average Bonchev–Trinajstić information content (AvgIpc) is 2.47. The Morgan fingerprint density at radius 3 is 2.13 bits per heavy atom. The molecule has 0 rings (SSSR count). The van der Waals surface area contributed by atoms with Gasteiger partial charge in [-0.25, -0.2) is 0 Å². The third kappa shape index (κ3) is 12.9. The number of amides is 2. The molecular weight excluding hydrogens is 312 g/mol. The fraction of sp³-hybridized carbons (Fsp3) is 0.706. The Hall–Kier alpha value is -1.30. The summed E-state index contributed by atoms with van der Waals surface area (Å²) >= 11 is 1.33. The second-order valence-corrected chi connectivity index (χ2v) is 6.74. The van der Waals surface area contributed by atoms with Crippen LogP contribution in [0.15, 0.2) is 12.2 Å². The van der Waals surface area contributed by atoms with E-state index in [9.17, 15) is 14.4 Å². The van der Waals surface area contributed by atoms with Crippen LogP contribution in [0, 0.1) is 0 Å². The lowest BCUT2D eigenvalue weighted by molar-refractivity contribution is -0.129. The summed E-state index contributed by atoms with van der Waals surface area (Å²) < 4.78 is 0. The lowest BCUT2D eigenvalue weighted by Crippen LogP contribution is -2.33. The topological polar surface area (TPSA) is 66.5 Å². The van der Waals surface area contributed by atoms with E-state index in [2.05, 4.69) is 11.9 Å². The van der Waals surface area contributed by atoms with E-state index in [0.29, 0.717) is 18.7 Å². The molecule has 5 nitrogen and oxygen atoms in total. The molecule has 0 bridgehead atoms. The molecule has 0 saturated heterocycles. The van der Waals surface area contributed by atoms with Gasteiger partial charge in [-0.05, 0) is 31.8 Å². The Kier molecular flexibility index (Phi) is 12.4. The van der Waals surface area contributed by atoms with E-state index < -0.39 is 0 Å². The van der Waals surface area contributed by atoms with Crippen LogP contribution in [0.5, 0.6) is 0 Å². The minimum Gasteiger partial charge on any atom is -0.356 e. The predicted octanol–water partition coefficient (Wildman–Crippen LogP) is 2.76. The molecule has 0 saturated carbocycles. The van der Waals surface area contributed by atoms with Gasteiger partial charge in [0.05, 0.1) is 0 Å². The van der Waals surface area contributed by atoms with Gasteiger partial charge in [0.1, 0.15) is 0 Å². The number of hydrogen-bond acceptors (Lipinski definition) is 4. The molecule has 1 N–H and O–H groups in total. The molecule has 0 atom stereocenters. The SMILES string of the molecule is C=C(C)C(=O)SCCCCCCN(CCCNC(C)=O)C(C)=O. The lowest BCUT2D eigenvalue weighted by atomic mass is 10.2. The fourth-order valence-corrected chi connectivity index (χ4v) is 2.79. The van der Waals surface area contributed by atoms with Gasteiger partial charge < -0.3 is 10.2 Å². The van der Waals surface area contributed by atoms with E-state index in [1.54, 1.807) is 13.8 Å². The molecule has 0 aliphatic rings. The van der Waals surface area contributed by atoms with Crippen LogP contribution in [0.25, 0.3) is 0 Å². The average molecular weight is 343 g/mol. The van der Waals surface area contributed by atoms with Gasteiger partial charge in [-0.1, -0.05) is 31.2 Å². The molecule has 0 aromatic heterocycles. The zero-order valence-electron chi connectivity index (χ0n) is 14.7. The van der Waals surface area contributed by atoms with Crippen molar-refractivity contribution in [1.29, 1.82) is 0 Å². The summed E-state index contributed by atoms with van der Waals surface area (Å²) in [5, 5.41) is 2.81. The summed E-state index contributed by atoms with van der Waals surface area (Å²) in [4.78, 5) is 35.5. The normalized spacial score (nSPS) is 10.2. The smallest absolute Gasteiger partial charge is 0.219 e. The van der Waals surface area contributed by atoms with Gasteiger partial charge in [-0.3, -0.25) is 14.4 Å². The van der Waals surface area contributed by atoms with Crippen LogP contribution in [0.4, 0.5) is 0 Å². The van der Waals surface area contributed by atoms with Gasteiger partial charge in [0.15, 0.2) is 0 Å². The number of unbranched alkanes of at least 4 members (excludes halogenated alkanes) is 3. The van der Waals surface area contributed by atoms with Crippen LogP contribution >= 0.6 is 11.8 Å².